The molecule has 56 heavy (non-hydrogen) atoms. The zero-order valence-corrected chi connectivity index (χ0v) is 30.9. The van der Waals surface area contributed by atoms with E-state index in [9.17, 15) is 1.37 Å². The van der Waals surface area contributed by atoms with Crippen molar-refractivity contribution in [3.63, 3.8) is 0 Å². The molecule has 2 aliphatic rings. The second kappa shape index (κ2) is 15.0. The maximum absolute atomic E-state index is 9.88. The van der Waals surface area contributed by atoms with Crippen molar-refractivity contribution in [2.75, 3.05) is 0 Å². The first-order valence-corrected chi connectivity index (χ1v) is 18.2. The van der Waals surface area contributed by atoms with Crippen LogP contribution in [-0.4, -0.2) is 9.97 Å². The van der Waals surface area contributed by atoms with E-state index in [0.717, 1.165) is 66.9 Å². The number of para-hydroxylation sites is 1. The van der Waals surface area contributed by atoms with Gasteiger partial charge in [0.1, 0.15) is 11.4 Å². The Morgan fingerprint density at radius 1 is 0.393 bits per heavy atom. The van der Waals surface area contributed by atoms with Crippen LogP contribution in [0.15, 0.2) is 176 Å². The molecule has 2 aliphatic heterocycles. The van der Waals surface area contributed by atoms with Crippen LogP contribution in [0.4, 0.5) is 0 Å². The molecule has 0 fully saturated rings. The van der Waals surface area contributed by atoms with Crippen molar-refractivity contribution in [1.29, 1.82) is 0 Å². The van der Waals surface area contributed by atoms with Gasteiger partial charge in [0.2, 0.25) is 0 Å². The molecular weight excluding hydrogens is 731 g/mol. The Morgan fingerprint density at radius 2 is 0.750 bits per heavy atom. The number of aromatic nitrogens is 4. The fourth-order valence-electron chi connectivity index (χ4n) is 7.33. The Kier molecular flexibility index (Phi) is 9.00. The molecule has 5 nitrogen and oxygen atoms in total. The zero-order valence-electron chi connectivity index (χ0n) is 30.9. The van der Waals surface area contributed by atoms with E-state index in [1.165, 1.54) is 0 Å². The molecule has 0 aliphatic carbocycles. The molecule has 0 unspecified atom stereocenters. The van der Waals surface area contributed by atoms with Crippen molar-refractivity contribution < 1.29 is 22.6 Å². The fourth-order valence-corrected chi connectivity index (χ4v) is 7.33. The number of benzene rings is 5. The summed E-state index contributed by atoms with van der Waals surface area (Å²) in [6, 6.07) is 58.5. The van der Waals surface area contributed by atoms with Crippen LogP contribution in [0.2, 0.25) is 0 Å². The molecule has 0 spiro atoms. The van der Waals surface area contributed by atoms with Crippen LogP contribution in [0.1, 0.15) is 24.1 Å². The molecule has 8 aromatic rings. The number of fused-ring (bicyclic) bond motifs is 8. The smallest absolute Gasteiger partial charge is 0.657 e. The van der Waals surface area contributed by atoms with Gasteiger partial charge in [-0.15, -0.1) is 22.1 Å². The quantitative estimate of drug-likeness (QED) is 0.158. The van der Waals surface area contributed by atoms with Crippen LogP contribution in [0.25, 0.3) is 90.5 Å². The Labute approximate surface area is 336 Å². The van der Waals surface area contributed by atoms with Gasteiger partial charge in [0.25, 0.3) is 0 Å². The predicted molar refractivity (Wildman–Crippen MR) is 225 cm³/mol. The number of hydrogen-bond donors (Lipinski definition) is 0. The van der Waals surface area contributed by atoms with E-state index < -0.39 is 0 Å². The van der Waals surface area contributed by atoms with Gasteiger partial charge in [-0.3, -0.25) is 0 Å². The average Bonchev–Trinajstić information content (AvgIpc) is 4.08. The minimum atomic E-state index is 0. The summed E-state index contributed by atoms with van der Waals surface area (Å²) in [5, 5.41) is 0. The Bertz CT molecular complexity index is 2980. The van der Waals surface area contributed by atoms with Crippen molar-refractivity contribution in [2.45, 2.75) is 0 Å². The number of rotatable bonds is 6. The van der Waals surface area contributed by atoms with Gasteiger partial charge < -0.3 is 14.7 Å². The summed E-state index contributed by atoms with van der Waals surface area (Å²) in [5.41, 5.74) is 12.6. The molecule has 6 heteroatoms. The van der Waals surface area contributed by atoms with Crippen molar-refractivity contribution >= 4 is 46.0 Å². The zero-order chi connectivity index (χ0) is 37.4. The van der Waals surface area contributed by atoms with Gasteiger partial charge in [0.15, 0.2) is 5.76 Å². The molecule has 0 atom stereocenters. The van der Waals surface area contributed by atoms with E-state index >= 15 is 0 Å². The summed E-state index contributed by atoms with van der Waals surface area (Å²) in [6.45, 7) is 0. The predicted octanol–water partition coefficient (Wildman–Crippen LogP) is 12.0. The summed E-state index contributed by atoms with van der Waals surface area (Å²) >= 11 is 0. The van der Waals surface area contributed by atoms with E-state index in [1.54, 1.807) is 0 Å². The van der Waals surface area contributed by atoms with Gasteiger partial charge in [-0.05, 0) is 68.8 Å². The van der Waals surface area contributed by atoms with Crippen molar-refractivity contribution in [3.8, 4) is 50.3 Å². The van der Waals surface area contributed by atoms with Gasteiger partial charge in [0, 0.05) is 6.05 Å². The fraction of sp³-hybridized carbons (Fsp3) is 0. The van der Waals surface area contributed by atoms with Gasteiger partial charge in [-0.1, -0.05) is 164 Å². The van der Waals surface area contributed by atoms with Gasteiger partial charge >= 0.3 is 16.5 Å². The minimum absolute atomic E-state index is 0. The number of hydrogen-bond acceptors (Lipinski definition) is 3. The molecule has 10 rings (SSSR count). The standard InChI is InChI=1S/C50H32N4O.Ni/c1-6-16-33(17-7-1)46-38-26-27-39(51-38)47(34-18-8-2-9-19-34)41-30-31-43(53-41)49(36-22-12-4-13-23-36)50-45(55-37-24-14-5-15-25-37)32-44(54-50)48(35-20-10-3-11-21-35)42-29-28-40(46)52-42;/h1-32H;/q-2;+2/i32D;. The second-order valence-corrected chi connectivity index (χ2v) is 13.3. The van der Waals surface area contributed by atoms with E-state index in [0.29, 0.717) is 33.9 Å². The molecule has 0 amide bonds. The first kappa shape index (κ1) is 33.6. The average molecular weight is 765 g/mol. The first-order valence-electron chi connectivity index (χ1n) is 18.7. The third-order valence-electron chi connectivity index (χ3n) is 9.81. The summed E-state index contributed by atoms with van der Waals surface area (Å²) in [5.74, 6) is 0.940. The third kappa shape index (κ3) is 6.47. The summed E-state index contributed by atoms with van der Waals surface area (Å²) in [6.07, 6.45) is 4.14. The second-order valence-electron chi connectivity index (χ2n) is 13.3. The molecule has 3 aromatic heterocycles. The number of nitrogens with zero attached hydrogens (tertiary/aromatic N) is 4. The van der Waals surface area contributed by atoms with E-state index in [-0.39, 0.29) is 22.5 Å². The normalized spacial score (nSPS) is 12.2. The van der Waals surface area contributed by atoms with E-state index in [1.807, 2.05) is 152 Å². The Hall–Kier alpha value is -7.01. The molecule has 0 saturated carbocycles. The summed E-state index contributed by atoms with van der Waals surface area (Å²) in [7, 11) is 0. The van der Waals surface area contributed by atoms with E-state index in [4.69, 9.17) is 24.7 Å². The van der Waals surface area contributed by atoms with Crippen molar-refractivity contribution in [1.82, 2.24) is 19.9 Å². The Morgan fingerprint density at radius 3 is 1.18 bits per heavy atom. The van der Waals surface area contributed by atoms with E-state index in [2.05, 4.69) is 36.4 Å². The summed E-state index contributed by atoms with van der Waals surface area (Å²) < 4.78 is 16.6. The molecule has 0 radical (unpaired) electrons. The third-order valence-corrected chi connectivity index (χ3v) is 9.81. The van der Waals surface area contributed by atoms with Crippen LogP contribution in [0.5, 0.6) is 5.75 Å². The molecular formula is C50H32N4NiO. The molecule has 5 heterocycles. The first-order chi connectivity index (χ1) is 27.7. The molecule has 5 aromatic carbocycles. The van der Waals surface area contributed by atoms with Gasteiger partial charge in [-0.2, -0.15) is 0 Å². The van der Waals surface area contributed by atoms with Gasteiger partial charge in [0.05, 0.1) is 18.5 Å². The minimum Gasteiger partial charge on any atom is -0.657 e. The van der Waals surface area contributed by atoms with Crippen LogP contribution < -0.4 is 14.7 Å². The largest absolute Gasteiger partial charge is 2.00 e. The SMILES string of the molecule is [2H]C1=C(Oc2ccccc2)c2nc1c(-c1ccccc1)c1ccc([n-]1)c(-c1ccccc1)c1nc(c(-c3ccccc3)c3ccc([n-]3)c2-c2ccccc2)C=C1.[Ni+2]. The van der Waals surface area contributed by atoms with Crippen LogP contribution >= 0.6 is 0 Å². The van der Waals surface area contributed by atoms with Crippen LogP contribution in [-0.2, 0) is 16.5 Å². The van der Waals surface area contributed by atoms with Crippen LogP contribution in [0, 0.1) is 0 Å². The monoisotopic (exact) mass is 763 g/mol. The topological polar surface area (TPSA) is 63.2 Å². The van der Waals surface area contributed by atoms with Gasteiger partial charge in [-0.25, -0.2) is 9.97 Å². The molecule has 0 N–H and O–H groups in total. The summed E-state index contributed by atoms with van der Waals surface area (Å²) in [4.78, 5) is 21.4. The Balaban J connectivity index is 0.00000422. The van der Waals surface area contributed by atoms with Crippen molar-refractivity contribution in [3.05, 3.63) is 199 Å². The maximum Gasteiger partial charge on any atom is 2.00 e. The maximum atomic E-state index is 9.88. The molecule has 0 saturated heterocycles. The van der Waals surface area contributed by atoms with Crippen molar-refractivity contribution in [2.24, 2.45) is 0 Å². The van der Waals surface area contributed by atoms with Crippen LogP contribution in [0.3, 0.4) is 0 Å². The molecule has 268 valence electrons. The number of ether oxygens (including phenoxy) is 1. The molecule has 8 bridgehead atoms.